The van der Waals surface area contributed by atoms with Crippen LogP contribution in [0.15, 0.2) is 48.7 Å². The second-order valence-electron chi connectivity index (χ2n) is 10.8. The molecule has 3 heterocycles. The Morgan fingerprint density at radius 2 is 2.02 bits per heavy atom. The molecular formula is C30H32ClN5O4. The van der Waals surface area contributed by atoms with Crippen LogP contribution in [0.2, 0.25) is 5.02 Å². The third-order valence-electron chi connectivity index (χ3n) is 8.35. The quantitative estimate of drug-likeness (QED) is 0.403. The van der Waals surface area contributed by atoms with Crippen molar-refractivity contribution in [2.75, 3.05) is 25.1 Å². The molecule has 2 aliphatic heterocycles. The summed E-state index contributed by atoms with van der Waals surface area (Å²) in [4.78, 5) is 37.5. The van der Waals surface area contributed by atoms with Crippen molar-refractivity contribution in [3.05, 3.63) is 75.9 Å². The predicted molar refractivity (Wildman–Crippen MR) is 151 cm³/mol. The first-order valence-corrected chi connectivity index (χ1v) is 14.1. The number of anilines is 1. The van der Waals surface area contributed by atoms with E-state index in [2.05, 4.69) is 20.6 Å². The van der Waals surface area contributed by atoms with Crippen LogP contribution in [-0.4, -0.2) is 63.7 Å². The summed E-state index contributed by atoms with van der Waals surface area (Å²) in [6.07, 6.45) is 4.71. The smallest absolute Gasteiger partial charge is 0.255 e. The number of aliphatic hydroxyl groups excluding tert-OH is 1. The monoisotopic (exact) mass is 561 g/mol. The van der Waals surface area contributed by atoms with E-state index in [0.29, 0.717) is 54.0 Å². The van der Waals surface area contributed by atoms with Crippen molar-refractivity contribution in [3.8, 4) is 11.3 Å². The molecule has 1 saturated heterocycles. The van der Waals surface area contributed by atoms with E-state index in [-0.39, 0.29) is 24.5 Å². The number of halogens is 1. The molecule has 1 fully saturated rings. The maximum Gasteiger partial charge on any atom is 0.255 e. The zero-order chi connectivity index (χ0) is 27.9. The van der Waals surface area contributed by atoms with Crippen LogP contribution in [0.25, 0.3) is 11.3 Å². The molecule has 3 aromatic rings. The number of hydrogen-bond donors (Lipinski definition) is 3. The Morgan fingerprint density at radius 1 is 1.23 bits per heavy atom. The third kappa shape index (κ3) is 4.82. The fourth-order valence-corrected chi connectivity index (χ4v) is 6.15. The van der Waals surface area contributed by atoms with Gasteiger partial charge in [0.15, 0.2) is 0 Å². The molecule has 2 amide bonds. The minimum Gasteiger partial charge on any atom is -0.394 e. The van der Waals surface area contributed by atoms with E-state index in [0.717, 1.165) is 36.0 Å². The largest absolute Gasteiger partial charge is 0.394 e. The number of amides is 2. The van der Waals surface area contributed by atoms with Crippen LogP contribution in [0.1, 0.15) is 53.2 Å². The van der Waals surface area contributed by atoms with Crippen molar-refractivity contribution in [2.24, 2.45) is 0 Å². The van der Waals surface area contributed by atoms with Gasteiger partial charge in [-0.25, -0.2) is 9.97 Å². The fraction of sp³-hybridized carbons (Fsp3) is 0.400. The van der Waals surface area contributed by atoms with E-state index < -0.39 is 11.6 Å². The number of fused-ring (bicyclic) bond motifs is 2. The molecule has 0 bridgehead atoms. The van der Waals surface area contributed by atoms with E-state index >= 15 is 0 Å². The molecule has 40 heavy (non-hydrogen) atoms. The zero-order valence-electron chi connectivity index (χ0n) is 22.3. The molecule has 2 aromatic carbocycles. The van der Waals surface area contributed by atoms with E-state index in [1.807, 2.05) is 36.4 Å². The third-order valence-corrected chi connectivity index (χ3v) is 8.62. The van der Waals surface area contributed by atoms with Gasteiger partial charge in [0.2, 0.25) is 11.9 Å². The summed E-state index contributed by atoms with van der Waals surface area (Å²) in [7, 11) is 0. The summed E-state index contributed by atoms with van der Waals surface area (Å²) in [5.74, 6) is -0.0405. The van der Waals surface area contributed by atoms with Crippen molar-refractivity contribution in [1.29, 1.82) is 0 Å². The first-order valence-electron chi connectivity index (χ1n) is 13.7. The van der Waals surface area contributed by atoms with E-state index in [4.69, 9.17) is 16.3 Å². The summed E-state index contributed by atoms with van der Waals surface area (Å²) in [6, 6.07) is 12.9. The Labute approximate surface area is 237 Å². The highest BCUT2D eigenvalue weighted by molar-refractivity contribution is 6.33. The lowest BCUT2D eigenvalue weighted by Crippen LogP contribution is -2.54. The molecule has 0 spiro atoms. The normalized spacial score (nSPS) is 21.2. The number of ether oxygens (including phenoxy) is 1. The van der Waals surface area contributed by atoms with Crippen molar-refractivity contribution >= 4 is 29.4 Å². The molecule has 10 heteroatoms. The fourth-order valence-electron chi connectivity index (χ4n) is 5.95. The lowest BCUT2D eigenvalue weighted by Gasteiger charge is -2.33. The van der Waals surface area contributed by atoms with Crippen LogP contribution in [0.5, 0.6) is 0 Å². The Bertz CT molecular complexity index is 1460. The van der Waals surface area contributed by atoms with Crippen LogP contribution >= 0.6 is 11.6 Å². The average molecular weight is 562 g/mol. The Kier molecular flexibility index (Phi) is 7.20. The number of hydrogen-bond acceptors (Lipinski definition) is 7. The summed E-state index contributed by atoms with van der Waals surface area (Å²) in [6.45, 7) is 3.24. The van der Waals surface area contributed by atoms with Gasteiger partial charge in [0, 0.05) is 36.9 Å². The second kappa shape index (κ2) is 10.8. The maximum absolute atomic E-state index is 13.5. The molecule has 0 saturated carbocycles. The molecule has 2 atom stereocenters. The number of carbonyl (C=O) groups is 2. The van der Waals surface area contributed by atoms with Gasteiger partial charge in [0.1, 0.15) is 6.04 Å². The van der Waals surface area contributed by atoms with E-state index in [1.165, 1.54) is 0 Å². The molecule has 0 radical (unpaired) electrons. The molecule has 1 aromatic heterocycles. The Morgan fingerprint density at radius 3 is 2.83 bits per heavy atom. The minimum absolute atomic E-state index is 0.203. The molecule has 3 aliphatic rings. The van der Waals surface area contributed by atoms with Gasteiger partial charge in [-0.2, -0.15) is 0 Å². The summed E-state index contributed by atoms with van der Waals surface area (Å²) in [5.41, 5.74) is 3.81. The minimum atomic E-state index is -0.842. The number of benzene rings is 2. The van der Waals surface area contributed by atoms with Crippen molar-refractivity contribution < 1.29 is 19.4 Å². The van der Waals surface area contributed by atoms with Gasteiger partial charge in [-0.05, 0) is 55.4 Å². The summed E-state index contributed by atoms with van der Waals surface area (Å²) < 4.78 is 5.43. The Hall–Kier alpha value is -3.53. The number of nitrogens with zero attached hydrogens (tertiary/aromatic N) is 3. The lowest BCUT2D eigenvalue weighted by atomic mass is 9.92. The van der Waals surface area contributed by atoms with Crippen LogP contribution in [0.4, 0.5) is 5.95 Å². The summed E-state index contributed by atoms with van der Waals surface area (Å²) >= 11 is 6.48. The van der Waals surface area contributed by atoms with Gasteiger partial charge in [-0.3, -0.25) is 9.59 Å². The maximum atomic E-state index is 13.5. The highest BCUT2D eigenvalue weighted by Gasteiger charge is 2.42. The van der Waals surface area contributed by atoms with Gasteiger partial charge in [0.05, 0.1) is 29.1 Å². The topological polar surface area (TPSA) is 117 Å². The second-order valence-corrected chi connectivity index (χ2v) is 11.2. The van der Waals surface area contributed by atoms with Gasteiger partial charge >= 0.3 is 0 Å². The molecule has 3 N–H and O–H groups in total. The van der Waals surface area contributed by atoms with Crippen LogP contribution in [-0.2, 0) is 28.0 Å². The van der Waals surface area contributed by atoms with Gasteiger partial charge in [-0.1, -0.05) is 48.0 Å². The summed E-state index contributed by atoms with van der Waals surface area (Å²) in [5, 5.41) is 17.1. The number of rotatable bonds is 7. The number of aromatic nitrogens is 2. The highest BCUT2D eigenvalue weighted by Crippen LogP contribution is 2.37. The Balaban J connectivity index is 1.19. The van der Waals surface area contributed by atoms with Gasteiger partial charge < -0.3 is 25.4 Å². The molecule has 2 unspecified atom stereocenters. The van der Waals surface area contributed by atoms with Crippen molar-refractivity contribution in [3.63, 3.8) is 0 Å². The van der Waals surface area contributed by atoms with E-state index in [9.17, 15) is 14.7 Å². The van der Waals surface area contributed by atoms with Gasteiger partial charge in [-0.15, -0.1) is 0 Å². The molecular weight excluding hydrogens is 530 g/mol. The first-order chi connectivity index (χ1) is 19.4. The first kappa shape index (κ1) is 26.7. The van der Waals surface area contributed by atoms with Crippen molar-refractivity contribution in [2.45, 2.75) is 56.8 Å². The standard InChI is InChI=1S/C30H32ClN5O4/c1-18(27(38)35-30(17-37)11-8-19-4-2-3-5-24(19)30)36-16-21-7-6-20(14-23(21)28(36)39)26-25(31)15-32-29(34-26)33-22-9-12-40-13-10-22/h2-7,14-15,18,22,37H,8-13,16-17H2,1H3,(H,35,38)(H,32,33,34). The molecule has 1 aliphatic carbocycles. The lowest BCUT2D eigenvalue weighted by molar-refractivity contribution is -0.128. The van der Waals surface area contributed by atoms with Gasteiger partial charge in [0.25, 0.3) is 5.91 Å². The number of carbonyl (C=O) groups excluding carboxylic acids is 2. The molecule has 6 rings (SSSR count). The average Bonchev–Trinajstić information content (AvgIpc) is 3.52. The number of aryl methyl sites for hydroxylation is 1. The zero-order valence-corrected chi connectivity index (χ0v) is 23.1. The van der Waals surface area contributed by atoms with Crippen LogP contribution < -0.4 is 10.6 Å². The van der Waals surface area contributed by atoms with Crippen LogP contribution in [0, 0.1) is 0 Å². The number of aliphatic hydroxyl groups is 1. The van der Waals surface area contributed by atoms with E-state index in [1.54, 1.807) is 24.1 Å². The van der Waals surface area contributed by atoms with Crippen molar-refractivity contribution in [1.82, 2.24) is 20.2 Å². The molecule has 208 valence electrons. The SMILES string of the molecule is CC(C(=O)NC1(CO)CCc2ccccc21)N1Cc2ccc(-c3nc(NC4CCOCC4)ncc3Cl)cc2C1=O. The number of nitrogens with one attached hydrogen (secondary N) is 2. The predicted octanol–water partition coefficient (Wildman–Crippen LogP) is 3.68. The highest BCUT2D eigenvalue weighted by atomic mass is 35.5. The molecule has 9 nitrogen and oxygen atoms in total. The van der Waals surface area contributed by atoms with Crippen LogP contribution in [0.3, 0.4) is 0 Å².